The van der Waals surface area contributed by atoms with E-state index < -0.39 is 0 Å². The van der Waals surface area contributed by atoms with Crippen molar-refractivity contribution in [3.05, 3.63) is 42.4 Å². The van der Waals surface area contributed by atoms with Crippen LogP contribution in [0.25, 0.3) is 0 Å². The molecule has 0 N–H and O–H groups in total. The summed E-state index contributed by atoms with van der Waals surface area (Å²) in [4.78, 5) is 19.3. The highest BCUT2D eigenvalue weighted by Crippen LogP contribution is 2.49. The van der Waals surface area contributed by atoms with Crippen molar-refractivity contribution in [2.24, 2.45) is 5.92 Å². The van der Waals surface area contributed by atoms with Crippen molar-refractivity contribution in [2.75, 3.05) is 13.1 Å². The second kappa shape index (κ2) is 5.87. The Morgan fingerprint density at radius 3 is 3.17 bits per heavy atom. The number of amides is 1. The SMILES string of the molecule is CCc1nccn1[C@@H]1CCCN(C(=O)[C@H]2C[C@@H]2c2ccco2)C1. The molecule has 1 aliphatic heterocycles. The van der Waals surface area contributed by atoms with Gasteiger partial charge >= 0.3 is 0 Å². The van der Waals surface area contributed by atoms with Crippen LogP contribution in [0.5, 0.6) is 0 Å². The number of carbonyl (C=O) groups is 1. The number of hydrogen-bond donors (Lipinski definition) is 0. The van der Waals surface area contributed by atoms with E-state index in [4.69, 9.17) is 4.42 Å². The quantitative estimate of drug-likeness (QED) is 0.872. The molecule has 0 unspecified atom stereocenters. The average Bonchev–Trinajstić information content (AvgIpc) is 3.03. The van der Waals surface area contributed by atoms with E-state index in [0.717, 1.165) is 50.4 Å². The number of furan rings is 1. The van der Waals surface area contributed by atoms with Crippen LogP contribution in [0.4, 0.5) is 0 Å². The van der Waals surface area contributed by atoms with E-state index >= 15 is 0 Å². The monoisotopic (exact) mass is 313 g/mol. The minimum absolute atomic E-state index is 0.119. The molecule has 0 radical (unpaired) electrons. The Kier molecular flexibility index (Phi) is 3.71. The molecule has 3 atom stereocenters. The summed E-state index contributed by atoms with van der Waals surface area (Å²) in [6.45, 7) is 3.82. The minimum Gasteiger partial charge on any atom is -0.469 e. The number of likely N-dealkylation sites (tertiary alicyclic amines) is 1. The van der Waals surface area contributed by atoms with Gasteiger partial charge in [-0.25, -0.2) is 4.98 Å². The number of rotatable bonds is 4. The summed E-state index contributed by atoms with van der Waals surface area (Å²) in [6.07, 6.45) is 9.67. The molecule has 1 amide bonds. The van der Waals surface area contributed by atoms with Crippen molar-refractivity contribution in [3.63, 3.8) is 0 Å². The maximum absolute atomic E-state index is 12.8. The van der Waals surface area contributed by atoms with Gasteiger partial charge in [-0.3, -0.25) is 4.79 Å². The molecule has 2 aliphatic rings. The maximum atomic E-state index is 12.8. The van der Waals surface area contributed by atoms with E-state index in [-0.39, 0.29) is 11.8 Å². The Morgan fingerprint density at radius 1 is 1.48 bits per heavy atom. The van der Waals surface area contributed by atoms with Gasteiger partial charge in [0.05, 0.1) is 12.3 Å². The van der Waals surface area contributed by atoms with Gasteiger partial charge in [-0.05, 0) is 31.4 Å². The van der Waals surface area contributed by atoms with Crippen molar-refractivity contribution < 1.29 is 9.21 Å². The topological polar surface area (TPSA) is 51.3 Å². The van der Waals surface area contributed by atoms with Gasteiger partial charge < -0.3 is 13.9 Å². The van der Waals surface area contributed by atoms with Crippen molar-refractivity contribution in [2.45, 2.75) is 44.6 Å². The molecule has 5 heteroatoms. The van der Waals surface area contributed by atoms with Gasteiger partial charge in [0, 0.05) is 43.7 Å². The van der Waals surface area contributed by atoms with Gasteiger partial charge in [0.15, 0.2) is 0 Å². The number of aryl methyl sites for hydroxylation is 1. The lowest BCUT2D eigenvalue weighted by molar-refractivity contribution is -0.134. The molecule has 4 rings (SSSR count). The normalized spacial score (nSPS) is 27.2. The van der Waals surface area contributed by atoms with Crippen molar-refractivity contribution in [3.8, 4) is 0 Å². The highest BCUT2D eigenvalue weighted by Gasteiger charge is 2.48. The molecular formula is C18H23N3O2. The lowest BCUT2D eigenvalue weighted by atomic mass is 10.0. The average molecular weight is 313 g/mol. The van der Waals surface area contributed by atoms with Gasteiger partial charge in [0.1, 0.15) is 11.6 Å². The third-order valence-electron chi connectivity index (χ3n) is 5.18. The number of nitrogens with zero attached hydrogens (tertiary/aromatic N) is 3. The lowest BCUT2D eigenvalue weighted by Crippen LogP contribution is -2.41. The van der Waals surface area contributed by atoms with E-state index in [9.17, 15) is 4.79 Å². The third kappa shape index (κ3) is 2.69. The second-order valence-corrected chi connectivity index (χ2v) is 6.65. The second-order valence-electron chi connectivity index (χ2n) is 6.65. The fourth-order valence-electron chi connectivity index (χ4n) is 3.85. The molecule has 1 saturated carbocycles. The zero-order valence-corrected chi connectivity index (χ0v) is 13.5. The highest BCUT2D eigenvalue weighted by molar-refractivity contribution is 5.83. The van der Waals surface area contributed by atoms with Crippen LogP contribution in [0, 0.1) is 5.92 Å². The predicted molar refractivity (Wildman–Crippen MR) is 86.0 cm³/mol. The first-order chi connectivity index (χ1) is 11.3. The first kappa shape index (κ1) is 14.5. The van der Waals surface area contributed by atoms with Crippen molar-refractivity contribution in [1.29, 1.82) is 0 Å². The molecule has 2 aromatic heterocycles. The molecule has 1 aliphatic carbocycles. The molecule has 5 nitrogen and oxygen atoms in total. The zero-order chi connectivity index (χ0) is 15.8. The fourth-order valence-corrected chi connectivity index (χ4v) is 3.85. The van der Waals surface area contributed by atoms with Gasteiger partial charge in [0.25, 0.3) is 0 Å². The summed E-state index contributed by atoms with van der Waals surface area (Å²) >= 11 is 0. The molecule has 2 aromatic rings. The summed E-state index contributed by atoms with van der Waals surface area (Å²) in [5.41, 5.74) is 0. The summed E-state index contributed by atoms with van der Waals surface area (Å²) < 4.78 is 7.71. The first-order valence-corrected chi connectivity index (χ1v) is 8.61. The van der Waals surface area contributed by atoms with E-state index in [1.807, 2.05) is 18.3 Å². The van der Waals surface area contributed by atoms with E-state index in [0.29, 0.717) is 11.9 Å². The van der Waals surface area contributed by atoms with E-state index in [1.54, 1.807) is 6.26 Å². The van der Waals surface area contributed by atoms with Gasteiger partial charge in [-0.1, -0.05) is 6.92 Å². The molecular weight excluding hydrogens is 290 g/mol. The zero-order valence-electron chi connectivity index (χ0n) is 13.5. The first-order valence-electron chi connectivity index (χ1n) is 8.61. The molecule has 2 fully saturated rings. The summed E-state index contributed by atoms with van der Waals surface area (Å²) in [7, 11) is 0. The molecule has 1 saturated heterocycles. The van der Waals surface area contributed by atoms with Gasteiger partial charge in [-0.2, -0.15) is 0 Å². The molecule has 3 heterocycles. The Labute approximate surface area is 136 Å². The Hall–Kier alpha value is -2.04. The number of imidazole rings is 1. The van der Waals surface area contributed by atoms with Crippen LogP contribution in [0.3, 0.4) is 0 Å². The van der Waals surface area contributed by atoms with Crippen LogP contribution in [0.2, 0.25) is 0 Å². The van der Waals surface area contributed by atoms with Crippen LogP contribution >= 0.6 is 0 Å². The number of aromatic nitrogens is 2. The molecule has 23 heavy (non-hydrogen) atoms. The number of hydrogen-bond acceptors (Lipinski definition) is 3. The summed E-state index contributed by atoms with van der Waals surface area (Å²) in [5.74, 6) is 2.78. The fraction of sp³-hybridized carbons (Fsp3) is 0.556. The van der Waals surface area contributed by atoms with Crippen molar-refractivity contribution in [1.82, 2.24) is 14.5 Å². The summed E-state index contributed by atoms with van der Waals surface area (Å²) in [5, 5.41) is 0. The maximum Gasteiger partial charge on any atom is 0.226 e. The lowest BCUT2D eigenvalue weighted by Gasteiger charge is -2.34. The van der Waals surface area contributed by atoms with Crippen LogP contribution < -0.4 is 0 Å². The molecule has 0 aromatic carbocycles. The Balaban J connectivity index is 1.43. The van der Waals surface area contributed by atoms with Crippen LogP contribution in [-0.4, -0.2) is 33.4 Å². The Morgan fingerprint density at radius 2 is 2.39 bits per heavy atom. The molecule has 122 valence electrons. The van der Waals surface area contributed by atoms with E-state index in [2.05, 4.69) is 27.6 Å². The highest BCUT2D eigenvalue weighted by atomic mass is 16.3. The van der Waals surface area contributed by atoms with Crippen LogP contribution in [0.1, 0.15) is 49.7 Å². The molecule has 0 spiro atoms. The smallest absolute Gasteiger partial charge is 0.226 e. The predicted octanol–water partition coefficient (Wildman–Crippen LogP) is 3.01. The molecule has 0 bridgehead atoms. The third-order valence-corrected chi connectivity index (χ3v) is 5.18. The van der Waals surface area contributed by atoms with Crippen molar-refractivity contribution >= 4 is 5.91 Å². The van der Waals surface area contributed by atoms with E-state index in [1.165, 1.54) is 0 Å². The van der Waals surface area contributed by atoms with Crippen LogP contribution in [-0.2, 0) is 11.2 Å². The summed E-state index contributed by atoms with van der Waals surface area (Å²) in [6, 6.07) is 4.25. The van der Waals surface area contributed by atoms with Crippen LogP contribution in [0.15, 0.2) is 35.2 Å². The minimum atomic E-state index is 0.119. The van der Waals surface area contributed by atoms with Gasteiger partial charge in [-0.15, -0.1) is 0 Å². The Bertz CT molecular complexity index is 676. The number of carbonyl (C=O) groups excluding carboxylic acids is 1. The number of piperidine rings is 1. The van der Waals surface area contributed by atoms with Gasteiger partial charge in [0.2, 0.25) is 5.91 Å². The standard InChI is InChI=1S/C18H23N3O2/c1-2-17-19-7-9-21(17)13-5-3-8-20(12-13)18(22)15-11-14(15)16-6-4-10-23-16/h4,6-7,9-10,13-15H,2-3,5,8,11-12H2,1H3/t13-,14+,15+/m1/s1. The largest absolute Gasteiger partial charge is 0.469 e.